The predicted octanol–water partition coefficient (Wildman–Crippen LogP) is 5.51. The number of fused-ring (bicyclic) bond motifs is 1. The van der Waals surface area contributed by atoms with Crippen LogP contribution in [-0.2, 0) is 12.4 Å². The summed E-state index contributed by atoms with van der Waals surface area (Å²) < 4.78 is 82.2. The van der Waals surface area contributed by atoms with Crippen molar-refractivity contribution in [3.05, 3.63) is 92.5 Å². The maximum atomic E-state index is 13.3. The summed E-state index contributed by atoms with van der Waals surface area (Å²) in [5.41, 5.74) is -1.71. The van der Waals surface area contributed by atoms with Crippen LogP contribution >= 0.6 is 0 Å². The lowest BCUT2D eigenvalue weighted by Crippen LogP contribution is -2.20. The summed E-state index contributed by atoms with van der Waals surface area (Å²) in [6.07, 6.45) is -8.94. The third-order valence-electron chi connectivity index (χ3n) is 6.28. The van der Waals surface area contributed by atoms with Crippen molar-refractivity contribution in [3.8, 4) is 11.6 Å². The first-order chi connectivity index (χ1) is 19.1. The van der Waals surface area contributed by atoms with Crippen molar-refractivity contribution in [3.63, 3.8) is 0 Å². The summed E-state index contributed by atoms with van der Waals surface area (Å²) in [5.74, 6) is -1.62. The molecule has 3 heterocycles. The Morgan fingerprint density at radius 3 is 2.15 bits per heavy atom. The molecule has 0 radical (unpaired) electrons. The molecule has 0 aliphatic rings. The Hall–Kier alpha value is -4.95. The third kappa shape index (κ3) is 5.29. The van der Waals surface area contributed by atoms with Gasteiger partial charge in [0.1, 0.15) is 11.2 Å². The topological polar surface area (TPSA) is 110 Å². The van der Waals surface area contributed by atoms with Crippen LogP contribution < -0.4 is 10.9 Å². The second-order valence-electron chi connectivity index (χ2n) is 9.28. The van der Waals surface area contributed by atoms with Crippen molar-refractivity contribution < 1.29 is 31.1 Å². The average Bonchev–Trinajstić information content (AvgIpc) is 3.48. The zero-order valence-electron chi connectivity index (χ0n) is 21.4. The highest BCUT2D eigenvalue weighted by atomic mass is 19.4. The minimum absolute atomic E-state index is 0.0756. The molecule has 2 aromatic carbocycles. The fraction of sp³-hybridized carbons (Fsp3) is 0.192. The molecule has 3 aromatic heterocycles. The maximum Gasteiger partial charge on any atom is 0.416 e. The molecule has 0 spiro atoms. The van der Waals surface area contributed by atoms with E-state index in [1.54, 1.807) is 6.07 Å². The molecule has 2 N–H and O–H groups in total. The molecule has 1 amide bonds. The molecule has 9 nitrogen and oxygen atoms in total. The summed E-state index contributed by atoms with van der Waals surface area (Å²) in [6.45, 7) is 5.36. The highest BCUT2D eigenvalue weighted by Gasteiger charge is 2.37. The quantitative estimate of drug-likeness (QED) is 0.275. The molecule has 0 atom stereocenters. The number of nitrogens with one attached hydrogen (secondary N) is 2. The second-order valence-corrected chi connectivity index (χ2v) is 9.28. The number of hydrogen-bond acceptors (Lipinski definition) is 5. The van der Waals surface area contributed by atoms with Crippen LogP contribution in [-0.4, -0.2) is 35.4 Å². The van der Waals surface area contributed by atoms with Gasteiger partial charge in [0.15, 0.2) is 5.65 Å². The summed E-state index contributed by atoms with van der Waals surface area (Å²) in [6, 6.07) is 7.35. The summed E-state index contributed by atoms with van der Waals surface area (Å²) in [4.78, 5) is 32.7. The minimum atomic E-state index is -5.13. The number of benzene rings is 2. The van der Waals surface area contributed by atoms with Gasteiger partial charge < -0.3 is 5.32 Å². The van der Waals surface area contributed by atoms with E-state index >= 15 is 0 Å². The van der Waals surface area contributed by atoms with Crippen LogP contribution in [0.25, 0.3) is 22.7 Å². The van der Waals surface area contributed by atoms with Crippen LogP contribution in [0.15, 0.2) is 53.5 Å². The molecule has 41 heavy (non-hydrogen) atoms. The van der Waals surface area contributed by atoms with E-state index in [0.717, 1.165) is 15.8 Å². The molecule has 15 heteroatoms. The lowest BCUT2D eigenvalue weighted by Gasteiger charge is -2.14. The van der Waals surface area contributed by atoms with E-state index in [1.807, 2.05) is 26.0 Å². The number of alkyl halides is 6. The molecule has 0 bridgehead atoms. The Kier molecular flexibility index (Phi) is 6.47. The van der Waals surface area contributed by atoms with Gasteiger partial charge in [-0.15, -0.1) is 0 Å². The summed E-state index contributed by atoms with van der Waals surface area (Å²) in [5, 5.41) is 10.8. The summed E-state index contributed by atoms with van der Waals surface area (Å²) in [7, 11) is 0. The van der Waals surface area contributed by atoms with Gasteiger partial charge in [0.05, 0.1) is 28.7 Å². The molecule has 0 saturated heterocycles. The molecule has 0 saturated carbocycles. The fourth-order valence-electron chi connectivity index (χ4n) is 4.08. The van der Waals surface area contributed by atoms with Gasteiger partial charge in [0, 0.05) is 11.6 Å². The number of carbonyl (C=O) groups is 1. The van der Waals surface area contributed by atoms with Crippen molar-refractivity contribution in [2.45, 2.75) is 33.1 Å². The zero-order chi connectivity index (χ0) is 29.9. The number of amides is 1. The van der Waals surface area contributed by atoms with Crippen molar-refractivity contribution in [1.29, 1.82) is 0 Å². The van der Waals surface area contributed by atoms with Crippen LogP contribution in [0.1, 0.15) is 38.3 Å². The fourth-order valence-corrected chi connectivity index (χ4v) is 4.08. The van der Waals surface area contributed by atoms with E-state index < -0.39 is 40.5 Å². The number of aryl methyl sites for hydroxylation is 3. The first-order valence-electron chi connectivity index (χ1n) is 11.9. The van der Waals surface area contributed by atoms with Crippen molar-refractivity contribution in [1.82, 2.24) is 29.5 Å². The number of nitrogens with zero attached hydrogens (tertiary/aromatic N) is 5. The van der Waals surface area contributed by atoms with Gasteiger partial charge >= 0.3 is 12.4 Å². The molecule has 5 rings (SSSR count). The lowest BCUT2D eigenvalue weighted by atomic mass is 10.0. The first-order valence-corrected chi connectivity index (χ1v) is 11.9. The van der Waals surface area contributed by atoms with Crippen molar-refractivity contribution >= 4 is 22.8 Å². The highest BCUT2D eigenvalue weighted by Crippen LogP contribution is 2.36. The van der Waals surface area contributed by atoms with Crippen molar-refractivity contribution in [2.75, 3.05) is 5.32 Å². The number of rotatable bonds is 4. The first kappa shape index (κ1) is 27.6. The number of halogens is 6. The lowest BCUT2D eigenvalue weighted by molar-refractivity contribution is -0.143. The Labute approximate surface area is 226 Å². The Bertz CT molecular complexity index is 1850. The Balaban J connectivity index is 1.57. The average molecular weight is 575 g/mol. The van der Waals surface area contributed by atoms with E-state index in [0.29, 0.717) is 23.5 Å². The van der Waals surface area contributed by atoms with E-state index in [9.17, 15) is 35.9 Å². The van der Waals surface area contributed by atoms with Gasteiger partial charge in [-0.1, -0.05) is 6.07 Å². The largest absolute Gasteiger partial charge is 0.416 e. The normalized spacial score (nSPS) is 12.2. The van der Waals surface area contributed by atoms with Crippen LogP contribution in [0.5, 0.6) is 0 Å². The van der Waals surface area contributed by atoms with Gasteiger partial charge in [0.2, 0.25) is 5.95 Å². The van der Waals surface area contributed by atoms with Crippen LogP contribution in [0, 0.1) is 20.8 Å². The number of carbonyl (C=O) groups excluding carboxylic acids is 1. The Morgan fingerprint density at radius 2 is 1.54 bits per heavy atom. The number of H-pyrrole nitrogens is 1. The van der Waals surface area contributed by atoms with E-state index in [4.69, 9.17) is 0 Å². The monoisotopic (exact) mass is 575 g/mol. The van der Waals surface area contributed by atoms with E-state index in [-0.39, 0.29) is 28.9 Å². The smallest absolute Gasteiger partial charge is 0.306 e. The molecule has 0 fully saturated rings. The molecule has 0 aliphatic carbocycles. The molecule has 0 unspecified atom stereocenters. The molecule has 212 valence electrons. The molecule has 0 aliphatic heterocycles. The summed E-state index contributed by atoms with van der Waals surface area (Å²) >= 11 is 0. The third-order valence-corrected chi connectivity index (χ3v) is 6.28. The van der Waals surface area contributed by atoms with Crippen LogP contribution in [0.2, 0.25) is 0 Å². The predicted molar refractivity (Wildman–Crippen MR) is 135 cm³/mol. The van der Waals surface area contributed by atoms with Gasteiger partial charge in [0.25, 0.3) is 11.5 Å². The van der Waals surface area contributed by atoms with Crippen LogP contribution in [0.4, 0.5) is 32.2 Å². The van der Waals surface area contributed by atoms with Gasteiger partial charge in [-0.25, -0.2) is 4.68 Å². The number of aromatic nitrogens is 6. The number of anilines is 1. The molecular weight excluding hydrogens is 556 g/mol. The van der Waals surface area contributed by atoms with Crippen LogP contribution in [0.3, 0.4) is 0 Å². The zero-order valence-corrected chi connectivity index (χ0v) is 21.4. The molecule has 5 aromatic rings. The molecular formula is C26H19F6N7O2. The highest BCUT2D eigenvalue weighted by molar-refractivity contribution is 6.04. The van der Waals surface area contributed by atoms with E-state index in [1.165, 1.54) is 23.9 Å². The van der Waals surface area contributed by atoms with E-state index in [2.05, 4.69) is 25.5 Å². The number of aromatic amines is 1. The number of hydrogen-bond donors (Lipinski definition) is 2. The van der Waals surface area contributed by atoms with Gasteiger partial charge in [-0.05, 0) is 62.2 Å². The minimum Gasteiger partial charge on any atom is -0.306 e. The maximum absolute atomic E-state index is 13.3. The standard InChI is InChI=1S/C26H19F6N7O2/c1-12-4-5-18(6-13(12)2)38-21-19(11-33-38)23(41)36-24(35-21)39-20(7-14(3)37-39)34-22(40)15-8-16(25(27,28)29)10-17(9-15)26(30,31)32/h4-11H,1-3H3,(H,34,40)(H,35,36,41). The second kappa shape index (κ2) is 9.60. The Morgan fingerprint density at radius 1 is 0.878 bits per heavy atom. The van der Waals surface area contributed by atoms with Gasteiger partial charge in [-0.3, -0.25) is 14.6 Å². The SMILES string of the molecule is Cc1cc(NC(=O)c2cc(C(F)(F)F)cc(C(F)(F)F)c2)n(-c2nc3c(cnn3-c3ccc(C)c(C)c3)c(=O)[nH]2)n1. The van der Waals surface area contributed by atoms with Gasteiger partial charge in [-0.2, -0.15) is 46.2 Å². The van der Waals surface area contributed by atoms with Crippen molar-refractivity contribution in [2.24, 2.45) is 0 Å².